The molecule has 0 aliphatic heterocycles. The molecule has 2 aromatic heterocycles. The molecule has 3 heteroatoms. The lowest BCUT2D eigenvalue weighted by Crippen LogP contribution is -2.14. The summed E-state index contributed by atoms with van der Waals surface area (Å²) in [6.45, 7) is 4.67. The monoisotopic (exact) mass is 450 g/mol. The summed E-state index contributed by atoms with van der Waals surface area (Å²) in [6.07, 6.45) is 1.53. The second kappa shape index (κ2) is 6.39. The van der Waals surface area contributed by atoms with Crippen LogP contribution in [0.1, 0.15) is 25.0 Å². The van der Waals surface area contributed by atoms with E-state index in [0.29, 0.717) is 0 Å². The van der Waals surface area contributed by atoms with Crippen molar-refractivity contribution in [1.82, 2.24) is 9.55 Å². The van der Waals surface area contributed by atoms with Crippen LogP contribution in [0.2, 0.25) is 0 Å². The minimum Gasteiger partial charge on any atom is -0.441 e. The molecule has 8 rings (SSSR count). The van der Waals surface area contributed by atoms with E-state index in [4.69, 9.17) is 4.42 Å². The molecular formula is C32H22N2O. The minimum atomic E-state index is -0.0206. The first kappa shape index (κ1) is 19.0. The van der Waals surface area contributed by atoms with E-state index in [2.05, 4.69) is 108 Å². The van der Waals surface area contributed by atoms with E-state index in [1.165, 1.54) is 61.2 Å². The highest BCUT2D eigenvalue weighted by atomic mass is 16.3. The van der Waals surface area contributed by atoms with Gasteiger partial charge in [-0.2, -0.15) is 0 Å². The predicted octanol–water partition coefficient (Wildman–Crippen LogP) is 8.38. The number of oxazole rings is 1. The van der Waals surface area contributed by atoms with Gasteiger partial charge in [0.2, 0.25) is 0 Å². The molecule has 1 aliphatic rings. The first-order valence-electron chi connectivity index (χ1n) is 12.1. The van der Waals surface area contributed by atoms with E-state index < -0.39 is 0 Å². The smallest absolute Gasteiger partial charge is 0.182 e. The van der Waals surface area contributed by atoms with Gasteiger partial charge >= 0.3 is 0 Å². The third kappa shape index (κ3) is 2.28. The van der Waals surface area contributed by atoms with Crippen molar-refractivity contribution in [1.29, 1.82) is 0 Å². The molecule has 0 radical (unpaired) electrons. The quantitative estimate of drug-likeness (QED) is 0.251. The number of fused-ring (bicyclic) bond motifs is 10. The Hall–Kier alpha value is -4.37. The summed E-state index contributed by atoms with van der Waals surface area (Å²) < 4.78 is 8.26. The lowest BCUT2D eigenvalue weighted by atomic mass is 9.82. The Bertz CT molecular complexity index is 1990. The molecule has 0 fully saturated rings. The van der Waals surface area contributed by atoms with E-state index in [0.717, 1.165) is 16.8 Å². The number of benzene rings is 5. The number of hydrogen-bond acceptors (Lipinski definition) is 2. The van der Waals surface area contributed by atoms with Crippen molar-refractivity contribution >= 4 is 43.7 Å². The fraction of sp³-hybridized carbons (Fsp3) is 0.0938. The van der Waals surface area contributed by atoms with E-state index >= 15 is 0 Å². The van der Waals surface area contributed by atoms with Crippen molar-refractivity contribution in [3.63, 3.8) is 0 Å². The Kier molecular flexibility index (Phi) is 3.47. The molecule has 166 valence electrons. The Morgan fingerprint density at radius 3 is 2.40 bits per heavy atom. The highest BCUT2D eigenvalue weighted by molar-refractivity contribution is 6.21. The number of hydrogen-bond donors (Lipinski definition) is 0. The van der Waals surface area contributed by atoms with E-state index in [9.17, 15) is 0 Å². The lowest BCUT2D eigenvalue weighted by Gasteiger charge is -2.21. The molecule has 0 bridgehead atoms. The molecule has 7 aromatic rings. The van der Waals surface area contributed by atoms with Crippen molar-refractivity contribution in [2.24, 2.45) is 0 Å². The third-order valence-electron chi connectivity index (χ3n) is 7.95. The van der Waals surface area contributed by atoms with Gasteiger partial charge in [0.15, 0.2) is 12.0 Å². The summed E-state index contributed by atoms with van der Waals surface area (Å²) in [5, 5.41) is 5.03. The molecule has 3 nitrogen and oxygen atoms in total. The zero-order valence-corrected chi connectivity index (χ0v) is 19.5. The van der Waals surface area contributed by atoms with Gasteiger partial charge in [-0.05, 0) is 45.8 Å². The molecular weight excluding hydrogens is 428 g/mol. The van der Waals surface area contributed by atoms with Crippen LogP contribution >= 0.6 is 0 Å². The van der Waals surface area contributed by atoms with Gasteiger partial charge in [0.1, 0.15) is 5.52 Å². The number of aromatic nitrogens is 2. The maximum atomic E-state index is 5.90. The Morgan fingerprint density at radius 2 is 1.46 bits per heavy atom. The van der Waals surface area contributed by atoms with E-state index in [-0.39, 0.29) is 5.41 Å². The van der Waals surface area contributed by atoms with E-state index in [1.54, 1.807) is 0 Å². The van der Waals surface area contributed by atoms with Gasteiger partial charge in [-0.3, -0.25) is 0 Å². The molecule has 0 atom stereocenters. The van der Waals surface area contributed by atoms with Crippen molar-refractivity contribution in [3.05, 3.63) is 109 Å². The van der Waals surface area contributed by atoms with Crippen LogP contribution in [0.4, 0.5) is 0 Å². The molecule has 35 heavy (non-hydrogen) atoms. The summed E-state index contributed by atoms with van der Waals surface area (Å²) in [7, 11) is 0. The Balaban J connectivity index is 1.60. The molecule has 0 unspecified atom stereocenters. The summed E-state index contributed by atoms with van der Waals surface area (Å²) >= 11 is 0. The topological polar surface area (TPSA) is 31.0 Å². The Morgan fingerprint density at radius 1 is 0.686 bits per heavy atom. The first-order valence-corrected chi connectivity index (χ1v) is 12.1. The predicted molar refractivity (Wildman–Crippen MR) is 143 cm³/mol. The summed E-state index contributed by atoms with van der Waals surface area (Å²) in [6, 6.07) is 33.0. The van der Waals surface area contributed by atoms with Crippen molar-refractivity contribution in [2.75, 3.05) is 0 Å². The molecule has 1 aliphatic carbocycles. The molecule has 5 aromatic carbocycles. The van der Waals surface area contributed by atoms with Gasteiger partial charge in [-0.15, -0.1) is 0 Å². The zero-order valence-electron chi connectivity index (χ0n) is 19.5. The van der Waals surface area contributed by atoms with Gasteiger partial charge in [-0.1, -0.05) is 86.6 Å². The average Bonchev–Trinajstić information content (AvgIpc) is 3.56. The number of rotatable bonds is 1. The summed E-state index contributed by atoms with van der Waals surface area (Å²) in [5.41, 5.74) is 10.5. The molecule has 2 heterocycles. The van der Waals surface area contributed by atoms with Gasteiger partial charge < -0.3 is 8.98 Å². The first-order chi connectivity index (χ1) is 17.1. The van der Waals surface area contributed by atoms with Crippen LogP contribution in [0.25, 0.3) is 60.5 Å². The summed E-state index contributed by atoms with van der Waals surface area (Å²) in [4.78, 5) is 4.42. The maximum absolute atomic E-state index is 5.90. The minimum absolute atomic E-state index is 0.0206. The van der Waals surface area contributed by atoms with Crippen LogP contribution in [0.5, 0.6) is 0 Å². The second-order valence-electron chi connectivity index (χ2n) is 10.0. The van der Waals surface area contributed by atoms with Gasteiger partial charge in [-0.25, -0.2) is 4.98 Å². The standard InChI is InChI=1S/C32H22N2O/c1-32(2)24-10-5-3-9-23(24)29-20-14-15-21-19-8-4-6-12-27(19)34(30(21)22(20)16-17-25(29)32)28-13-7-11-26-31(28)35-18-33-26/h3-18H,1-2H3. The Labute approximate surface area is 202 Å². The largest absolute Gasteiger partial charge is 0.441 e. The molecule has 0 saturated carbocycles. The van der Waals surface area contributed by atoms with Crippen LogP contribution in [0.15, 0.2) is 102 Å². The maximum Gasteiger partial charge on any atom is 0.182 e. The number of para-hydroxylation sites is 2. The van der Waals surface area contributed by atoms with Crippen LogP contribution in [-0.2, 0) is 5.41 Å². The molecule has 0 N–H and O–H groups in total. The van der Waals surface area contributed by atoms with Crippen LogP contribution in [0.3, 0.4) is 0 Å². The molecule has 0 amide bonds. The van der Waals surface area contributed by atoms with Crippen LogP contribution < -0.4 is 0 Å². The fourth-order valence-corrected chi connectivity index (χ4v) is 6.36. The molecule has 0 spiro atoms. The normalized spacial score (nSPS) is 14.2. The highest BCUT2D eigenvalue weighted by Crippen LogP contribution is 2.52. The second-order valence-corrected chi connectivity index (χ2v) is 10.0. The van der Waals surface area contributed by atoms with Crippen LogP contribution in [-0.4, -0.2) is 9.55 Å². The van der Waals surface area contributed by atoms with Crippen LogP contribution in [0, 0.1) is 0 Å². The SMILES string of the molecule is CC1(C)c2ccccc2-c2c1ccc1c2ccc2c3ccccc3n(-c3cccc4ncoc34)c12. The third-order valence-corrected chi connectivity index (χ3v) is 7.95. The summed E-state index contributed by atoms with van der Waals surface area (Å²) in [5.74, 6) is 0. The van der Waals surface area contributed by atoms with Crippen molar-refractivity contribution in [3.8, 4) is 16.8 Å². The number of nitrogens with zero attached hydrogens (tertiary/aromatic N) is 2. The van der Waals surface area contributed by atoms with Crippen molar-refractivity contribution < 1.29 is 4.42 Å². The fourth-order valence-electron chi connectivity index (χ4n) is 6.36. The van der Waals surface area contributed by atoms with Crippen molar-refractivity contribution in [2.45, 2.75) is 19.3 Å². The molecule has 0 saturated heterocycles. The van der Waals surface area contributed by atoms with Gasteiger partial charge in [0.25, 0.3) is 0 Å². The average molecular weight is 451 g/mol. The lowest BCUT2D eigenvalue weighted by molar-refractivity contribution is 0.600. The van der Waals surface area contributed by atoms with Gasteiger partial charge in [0, 0.05) is 21.6 Å². The zero-order chi connectivity index (χ0) is 23.3. The highest BCUT2D eigenvalue weighted by Gasteiger charge is 2.36. The van der Waals surface area contributed by atoms with E-state index in [1.807, 2.05) is 6.07 Å². The van der Waals surface area contributed by atoms with Gasteiger partial charge in [0.05, 0.1) is 16.7 Å².